The predicted octanol–water partition coefficient (Wildman–Crippen LogP) is 3.04. The van der Waals surface area contributed by atoms with Crippen LogP contribution in [0.3, 0.4) is 0 Å². The summed E-state index contributed by atoms with van der Waals surface area (Å²) in [6, 6.07) is 2.05. The van der Waals surface area contributed by atoms with Crippen LogP contribution in [0.2, 0.25) is 0 Å². The number of thioether (sulfide) groups is 1. The monoisotopic (exact) mass is 339 g/mol. The van der Waals surface area contributed by atoms with Crippen molar-refractivity contribution in [1.29, 1.82) is 0 Å². The van der Waals surface area contributed by atoms with Crippen molar-refractivity contribution >= 4 is 35.0 Å². The third-order valence-corrected chi connectivity index (χ3v) is 7.27. The number of hydrogen-bond acceptors (Lipinski definition) is 4. The average molecular weight is 339 g/mol. The number of carboxylic acids is 1. The molecule has 1 saturated heterocycles. The van der Waals surface area contributed by atoms with E-state index < -0.39 is 11.4 Å². The maximum Gasteiger partial charge on any atom is 0.311 e. The zero-order valence-corrected chi connectivity index (χ0v) is 14.5. The summed E-state index contributed by atoms with van der Waals surface area (Å²) in [5.74, 6) is 0.309. The lowest BCUT2D eigenvalue weighted by Crippen LogP contribution is -2.41. The number of carbonyl (C=O) groups excluding carboxylic acids is 1. The highest BCUT2D eigenvalue weighted by Crippen LogP contribution is 2.44. The van der Waals surface area contributed by atoms with Crippen molar-refractivity contribution < 1.29 is 14.7 Å². The van der Waals surface area contributed by atoms with Crippen LogP contribution in [-0.4, -0.2) is 40.7 Å². The Bertz CT molecular complexity index is 598. The van der Waals surface area contributed by atoms with Crippen LogP contribution < -0.4 is 0 Å². The maximum atomic E-state index is 12.9. The molecule has 1 aromatic heterocycles. The number of hydrogen-bond donors (Lipinski definition) is 1. The van der Waals surface area contributed by atoms with E-state index in [1.807, 2.05) is 13.8 Å². The molecule has 4 nitrogen and oxygen atoms in total. The van der Waals surface area contributed by atoms with Crippen molar-refractivity contribution in [2.24, 2.45) is 11.3 Å². The Labute approximate surface area is 138 Å². The van der Waals surface area contributed by atoms with Crippen molar-refractivity contribution in [3.8, 4) is 0 Å². The number of amides is 1. The van der Waals surface area contributed by atoms with Gasteiger partial charge >= 0.3 is 5.97 Å². The van der Waals surface area contributed by atoms with Crippen LogP contribution >= 0.6 is 23.1 Å². The minimum Gasteiger partial charge on any atom is -0.481 e. The number of fused-ring (bicyclic) bond motifs is 1. The van der Waals surface area contributed by atoms with Gasteiger partial charge in [-0.3, -0.25) is 9.59 Å². The van der Waals surface area contributed by atoms with Gasteiger partial charge < -0.3 is 10.0 Å². The lowest BCUT2D eigenvalue weighted by Gasteiger charge is -2.30. The summed E-state index contributed by atoms with van der Waals surface area (Å²) >= 11 is 3.41. The molecule has 0 aliphatic carbocycles. The second-order valence-corrected chi connectivity index (χ2v) is 8.64. The first-order chi connectivity index (χ1) is 10.5. The molecule has 0 radical (unpaired) electrons. The van der Waals surface area contributed by atoms with Gasteiger partial charge in [0, 0.05) is 18.0 Å². The normalized spacial score (nSPS) is 28.0. The molecule has 2 atom stereocenters. The highest BCUT2D eigenvalue weighted by atomic mass is 32.2. The zero-order valence-electron chi connectivity index (χ0n) is 12.9. The lowest BCUT2D eigenvalue weighted by atomic mass is 9.76. The van der Waals surface area contributed by atoms with E-state index in [2.05, 4.69) is 11.4 Å². The number of aryl methyl sites for hydroxylation is 1. The Morgan fingerprint density at radius 3 is 2.86 bits per heavy atom. The van der Waals surface area contributed by atoms with Gasteiger partial charge in [0.05, 0.1) is 5.41 Å². The van der Waals surface area contributed by atoms with E-state index in [4.69, 9.17) is 0 Å². The number of likely N-dealkylation sites (tertiary alicyclic amines) is 1. The number of aliphatic carboxylic acids is 1. The Morgan fingerprint density at radius 2 is 2.23 bits per heavy atom. The minimum absolute atomic E-state index is 0.0264. The van der Waals surface area contributed by atoms with Crippen LogP contribution in [0.5, 0.6) is 0 Å². The van der Waals surface area contributed by atoms with Crippen molar-refractivity contribution in [3.05, 3.63) is 21.9 Å². The molecule has 1 fully saturated rings. The molecule has 3 rings (SSSR count). The molecule has 6 heteroatoms. The molecule has 1 aromatic rings. The van der Waals surface area contributed by atoms with Crippen LogP contribution in [0, 0.1) is 11.3 Å². The van der Waals surface area contributed by atoms with E-state index in [0.29, 0.717) is 19.5 Å². The Kier molecular flexibility index (Phi) is 4.25. The first-order valence-electron chi connectivity index (χ1n) is 7.66. The molecule has 1 amide bonds. The topological polar surface area (TPSA) is 57.6 Å². The fraction of sp³-hybridized carbons (Fsp3) is 0.625. The first-order valence-corrected chi connectivity index (χ1v) is 9.58. The summed E-state index contributed by atoms with van der Waals surface area (Å²) in [6.45, 7) is 4.78. The average Bonchev–Trinajstić information content (AvgIpc) is 3.13. The van der Waals surface area contributed by atoms with E-state index in [-0.39, 0.29) is 17.1 Å². The van der Waals surface area contributed by atoms with Gasteiger partial charge in [-0.15, -0.1) is 23.1 Å². The van der Waals surface area contributed by atoms with E-state index in [1.54, 1.807) is 28.0 Å². The summed E-state index contributed by atoms with van der Waals surface area (Å²) in [7, 11) is 0. The van der Waals surface area contributed by atoms with Crippen LogP contribution in [0.1, 0.15) is 36.0 Å². The Hall–Kier alpha value is -1.01. The van der Waals surface area contributed by atoms with Crippen molar-refractivity contribution in [2.75, 3.05) is 18.8 Å². The first kappa shape index (κ1) is 15.9. The van der Waals surface area contributed by atoms with Gasteiger partial charge in [0.25, 0.3) is 0 Å². The molecular weight excluding hydrogens is 318 g/mol. The van der Waals surface area contributed by atoms with E-state index >= 15 is 0 Å². The zero-order chi connectivity index (χ0) is 15.9. The molecule has 0 saturated carbocycles. The van der Waals surface area contributed by atoms with Crippen LogP contribution in [0.4, 0.5) is 0 Å². The van der Waals surface area contributed by atoms with Crippen LogP contribution in [0.25, 0.3) is 0 Å². The summed E-state index contributed by atoms with van der Waals surface area (Å²) in [4.78, 5) is 27.7. The molecular formula is C16H21NO3S2. The highest BCUT2D eigenvalue weighted by molar-refractivity contribution is 8.00. The molecule has 0 spiro atoms. The second kappa shape index (κ2) is 5.89. The largest absolute Gasteiger partial charge is 0.481 e. The van der Waals surface area contributed by atoms with E-state index in [0.717, 1.165) is 17.7 Å². The van der Waals surface area contributed by atoms with Crippen molar-refractivity contribution in [3.63, 3.8) is 0 Å². The van der Waals surface area contributed by atoms with Gasteiger partial charge in [0.1, 0.15) is 5.25 Å². The van der Waals surface area contributed by atoms with Gasteiger partial charge in [-0.2, -0.15) is 0 Å². The van der Waals surface area contributed by atoms with Gasteiger partial charge in [-0.25, -0.2) is 0 Å². The fourth-order valence-corrected chi connectivity index (χ4v) is 5.81. The maximum absolute atomic E-state index is 12.9. The summed E-state index contributed by atoms with van der Waals surface area (Å²) in [5.41, 5.74) is 0.357. The smallest absolute Gasteiger partial charge is 0.311 e. The third kappa shape index (κ3) is 2.46. The van der Waals surface area contributed by atoms with Crippen molar-refractivity contribution in [2.45, 2.75) is 31.9 Å². The molecule has 22 heavy (non-hydrogen) atoms. The molecule has 2 aliphatic heterocycles. The molecule has 0 bridgehead atoms. The fourth-order valence-electron chi connectivity index (χ4n) is 3.43. The highest BCUT2D eigenvalue weighted by Gasteiger charge is 2.49. The molecule has 2 unspecified atom stereocenters. The van der Waals surface area contributed by atoms with Gasteiger partial charge in [0.15, 0.2) is 0 Å². The number of rotatable bonds is 3. The minimum atomic E-state index is -0.785. The van der Waals surface area contributed by atoms with Gasteiger partial charge in [0.2, 0.25) is 5.91 Å². The lowest BCUT2D eigenvalue weighted by molar-refractivity contribution is -0.151. The van der Waals surface area contributed by atoms with Crippen molar-refractivity contribution in [1.82, 2.24) is 4.90 Å². The summed E-state index contributed by atoms with van der Waals surface area (Å²) < 4.78 is 0. The van der Waals surface area contributed by atoms with Crippen LogP contribution in [0.15, 0.2) is 11.4 Å². The standard InChI is InChI=1S/C16H21NO3S2/c1-10(2)16(15(19)20)5-6-17(9-16)14(18)13-11-3-7-21-12(11)4-8-22-13/h3,7,10,13H,4-6,8-9H2,1-2H3,(H,19,20). The third-order valence-electron chi connectivity index (χ3n) is 5.04. The predicted molar refractivity (Wildman–Crippen MR) is 89.3 cm³/mol. The Balaban J connectivity index is 1.80. The molecule has 0 aromatic carbocycles. The van der Waals surface area contributed by atoms with Gasteiger partial charge in [-0.1, -0.05) is 13.8 Å². The number of thiophene rings is 1. The summed E-state index contributed by atoms with van der Waals surface area (Å²) in [5, 5.41) is 11.5. The second-order valence-electron chi connectivity index (χ2n) is 6.43. The number of nitrogens with zero attached hydrogens (tertiary/aromatic N) is 1. The van der Waals surface area contributed by atoms with Gasteiger partial charge in [-0.05, 0) is 41.5 Å². The molecule has 2 aliphatic rings. The summed E-state index contributed by atoms with van der Waals surface area (Å²) in [6.07, 6.45) is 1.59. The quantitative estimate of drug-likeness (QED) is 0.919. The number of carbonyl (C=O) groups is 2. The van der Waals surface area contributed by atoms with E-state index in [9.17, 15) is 14.7 Å². The van der Waals surface area contributed by atoms with Crippen LogP contribution in [-0.2, 0) is 16.0 Å². The molecule has 1 N–H and O–H groups in total. The molecule has 120 valence electrons. The molecule has 3 heterocycles. The van der Waals surface area contributed by atoms with E-state index in [1.165, 1.54) is 4.88 Å². The SMILES string of the molecule is CC(C)C1(C(=O)O)CCN(C(=O)C2SCCc3sccc32)C1. The number of carboxylic acid groups (broad SMARTS) is 1. The Morgan fingerprint density at radius 1 is 1.45 bits per heavy atom.